The first-order chi connectivity index (χ1) is 15.6. The number of carbonyl (C=O) groups is 2. The minimum absolute atomic E-state index is 0.0297. The van der Waals surface area contributed by atoms with E-state index in [2.05, 4.69) is 4.98 Å². The van der Waals surface area contributed by atoms with Gasteiger partial charge in [-0.3, -0.25) is 4.79 Å². The Morgan fingerprint density at radius 3 is 2.24 bits per heavy atom. The van der Waals surface area contributed by atoms with Crippen molar-refractivity contribution in [2.24, 2.45) is 0 Å². The van der Waals surface area contributed by atoms with E-state index >= 15 is 0 Å². The van der Waals surface area contributed by atoms with Gasteiger partial charge in [0, 0.05) is 10.9 Å². The van der Waals surface area contributed by atoms with Crippen molar-refractivity contribution in [3.05, 3.63) is 94.9 Å². The molecule has 0 fully saturated rings. The lowest BCUT2D eigenvalue weighted by Crippen LogP contribution is -2.11. The van der Waals surface area contributed by atoms with Crippen molar-refractivity contribution in [2.45, 2.75) is 6.18 Å². The molecule has 4 rings (SSSR count). The number of pyridine rings is 1. The largest absolute Gasteiger partial charge is 0.478 e. The summed E-state index contributed by atoms with van der Waals surface area (Å²) in [5, 5.41) is 9.34. The quantitative estimate of drug-likeness (QED) is 0.239. The Kier molecular flexibility index (Phi) is 5.33. The van der Waals surface area contributed by atoms with Gasteiger partial charge in [-0.15, -0.1) is 0 Å². The molecule has 0 unspecified atom stereocenters. The molecule has 166 valence electrons. The number of aromatic nitrogens is 1. The highest BCUT2D eigenvalue weighted by Gasteiger charge is 2.30. The Labute approximate surface area is 184 Å². The van der Waals surface area contributed by atoms with E-state index in [4.69, 9.17) is 5.73 Å². The summed E-state index contributed by atoms with van der Waals surface area (Å²) in [6.07, 6.45) is -4.52. The summed E-state index contributed by atoms with van der Waals surface area (Å²) in [5.74, 6) is -3.08. The molecule has 0 amide bonds. The van der Waals surface area contributed by atoms with Crippen LogP contribution in [0.4, 0.5) is 23.2 Å². The Hall–Kier alpha value is -4.27. The maximum Gasteiger partial charge on any atom is 0.416 e. The van der Waals surface area contributed by atoms with Gasteiger partial charge in [0.1, 0.15) is 0 Å². The average molecular weight is 454 g/mol. The van der Waals surface area contributed by atoms with Crippen molar-refractivity contribution in [1.29, 1.82) is 0 Å². The van der Waals surface area contributed by atoms with Crippen LogP contribution in [-0.4, -0.2) is 21.8 Å². The van der Waals surface area contributed by atoms with Gasteiger partial charge in [-0.1, -0.05) is 36.4 Å². The van der Waals surface area contributed by atoms with Crippen molar-refractivity contribution in [1.82, 2.24) is 4.98 Å². The Morgan fingerprint density at radius 1 is 0.939 bits per heavy atom. The molecular weight excluding hydrogens is 440 g/mol. The normalized spacial score (nSPS) is 11.5. The maximum absolute atomic E-state index is 14.4. The minimum Gasteiger partial charge on any atom is -0.478 e. The lowest BCUT2D eigenvalue weighted by Gasteiger charge is -2.14. The van der Waals surface area contributed by atoms with Crippen LogP contribution in [0.2, 0.25) is 0 Å². The third-order valence-corrected chi connectivity index (χ3v) is 5.15. The molecule has 0 saturated heterocycles. The Balaban J connectivity index is 1.91. The average Bonchev–Trinajstić information content (AvgIpc) is 2.79. The second-order valence-corrected chi connectivity index (χ2v) is 7.18. The topological polar surface area (TPSA) is 93.3 Å². The Morgan fingerprint density at radius 2 is 1.61 bits per heavy atom. The van der Waals surface area contributed by atoms with Crippen LogP contribution in [0.25, 0.3) is 22.0 Å². The number of carboxylic acid groups (broad SMARTS) is 1. The highest BCUT2D eigenvalue weighted by Crippen LogP contribution is 2.34. The first-order valence-corrected chi connectivity index (χ1v) is 9.51. The highest BCUT2D eigenvalue weighted by atomic mass is 19.4. The van der Waals surface area contributed by atoms with Gasteiger partial charge in [-0.25, -0.2) is 9.78 Å². The summed E-state index contributed by atoms with van der Waals surface area (Å²) in [4.78, 5) is 28.6. The number of carboxylic acids is 1. The first-order valence-electron chi connectivity index (χ1n) is 9.51. The van der Waals surface area contributed by atoms with Crippen molar-refractivity contribution >= 4 is 28.3 Å². The molecule has 3 N–H and O–H groups in total. The minimum atomic E-state index is -4.52. The number of nitrogens with two attached hydrogens (primary N) is 1. The fraction of sp³-hybridized carbons (Fsp3) is 0.0417. The molecule has 4 aromatic rings. The predicted octanol–water partition coefficient (Wildman–Crippen LogP) is 5.57. The van der Waals surface area contributed by atoms with Crippen LogP contribution in [0.5, 0.6) is 0 Å². The van der Waals surface area contributed by atoms with Gasteiger partial charge in [0.25, 0.3) is 0 Å². The van der Waals surface area contributed by atoms with Crippen LogP contribution in [0, 0.1) is 5.95 Å². The van der Waals surface area contributed by atoms with Crippen LogP contribution in [0.1, 0.15) is 31.8 Å². The molecule has 0 atom stereocenters. The smallest absolute Gasteiger partial charge is 0.416 e. The second kappa shape index (κ2) is 8.01. The van der Waals surface area contributed by atoms with Crippen LogP contribution < -0.4 is 5.73 Å². The number of hydrogen-bond acceptors (Lipinski definition) is 4. The molecule has 5 nitrogen and oxygen atoms in total. The molecule has 0 aliphatic heterocycles. The number of carbonyl (C=O) groups excluding carboxylic acids is 1. The molecule has 0 spiro atoms. The van der Waals surface area contributed by atoms with Crippen molar-refractivity contribution in [3.8, 4) is 11.1 Å². The van der Waals surface area contributed by atoms with E-state index < -0.39 is 35.1 Å². The molecule has 0 radical (unpaired) electrons. The number of anilines is 1. The number of aromatic carboxylic acids is 1. The zero-order valence-corrected chi connectivity index (χ0v) is 16.7. The summed E-state index contributed by atoms with van der Waals surface area (Å²) in [7, 11) is 0. The summed E-state index contributed by atoms with van der Waals surface area (Å²) in [6.45, 7) is 0. The van der Waals surface area contributed by atoms with Gasteiger partial charge < -0.3 is 10.8 Å². The van der Waals surface area contributed by atoms with E-state index in [1.165, 1.54) is 42.5 Å². The van der Waals surface area contributed by atoms with E-state index in [9.17, 15) is 32.3 Å². The highest BCUT2D eigenvalue weighted by molar-refractivity contribution is 6.21. The molecule has 0 aliphatic rings. The number of benzene rings is 3. The predicted molar refractivity (Wildman–Crippen MR) is 113 cm³/mol. The SMILES string of the molecule is Nc1c(F)nc2ccc(C(=O)O)cc2c1C(=O)c1ccccc1-c1ccc(C(F)(F)F)cc1. The van der Waals surface area contributed by atoms with E-state index in [1.54, 1.807) is 12.1 Å². The Bertz CT molecular complexity index is 1410. The van der Waals surface area contributed by atoms with E-state index in [-0.39, 0.29) is 27.6 Å². The molecular formula is C24H14F4N2O3. The molecule has 1 aromatic heterocycles. The van der Waals surface area contributed by atoms with Crippen LogP contribution >= 0.6 is 0 Å². The van der Waals surface area contributed by atoms with Crippen LogP contribution in [0.3, 0.4) is 0 Å². The lowest BCUT2D eigenvalue weighted by molar-refractivity contribution is -0.137. The summed E-state index contributed by atoms with van der Waals surface area (Å²) in [5.41, 5.74) is 4.72. The second-order valence-electron chi connectivity index (χ2n) is 7.18. The molecule has 33 heavy (non-hydrogen) atoms. The summed E-state index contributed by atoms with van der Waals surface area (Å²) >= 11 is 0. The maximum atomic E-state index is 14.4. The van der Waals surface area contributed by atoms with E-state index in [1.807, 2.05) is 0 Å². The van der Waals surface area contributed by atoms with Crippen LogP contribution in [0.15, 0.2) is 66.7 Å². The molecule has 9 heteroatoms. The number of halogens is 4. The van der Waals surface area contributed by atoms with Gasteiger partial charge in [-0.2, -0.15) is 17.6 Å². The molecule has 0 bridgehead atoms. The number of ketones is 1. The summed E-state index contributed by atoms with van der Waals surface area (Å²) in [6, 6.07) is 14.0. The number of nitrogen functional groups attached to an aromatic ring is 1. The van der Waals surface area contributed by atoms with Gasteiger partial charge in [0.05, 0.1) is 27.9 Å². The molecule has 0 aliphatic carbocycles. The van der Waals surface area contributed by atoms with E-state index in [0.29, 0.717) is 11.1 Å². The third kappa shape index (κ3) is 4.00. The number of nitrogens with zero attached hydrogens (tertiary/aromatic N) is 1. The fourth-order valence-electron chi connectivity index (χ4n) is 3.53. The van der Waals surface area contributed by atoms with Crippen molar-refractivity contribution in [3.63, 3.8) is 0 Å². The zero-order valence-electron chi connectivity index (χ0n) is 16.7. The van der Waals surface area contributed by atoms with Crippen molar-refractivity contribution < 1.29 is 32.3 Å². The van der Waals surface area contributed by atoms with Gasteiger partial charge >= 0.3 is 12.1 Å². The van der Waals surface area contributed by atoms with Gasteiger partial charge in [0.15, 0.2) is 5.78 Å². The first kappa shape index (κ1) is 21.9. The standard InChI is InChI=1S/C24H14F4N2O3/c25-22-20(29)19(17-11-13(23(32)33)7-10-18(17)30-22)21(31)16-4-2-1-3-15(16)12-5-8-14(9-6-12)24(26,27)28/h1-11H,29H2,(H,32,33). The van der Waals surface area contributed by atoms with Gasteiger partial charge in [0.2, 0.25) is 5.95 Å². The monoisotopic (exact) mass is 454 g/mol. The van der Waals surface area contributed by atoms with Gasteiger partial charge in [-0.05, 0) is 41.5 Å². The molecule has 0 saturated carbocycles. The lowest BCUT2D eigenvalue weighted by atomic mass is 9.91. The molecule has 1 heterocycles. The summed E-state index contributed by atoms with van der Waals surface area (Å²) < 4.78 is 53.2. The van der Waals surface area contributed by atoms with Crippen LogP contribution in [-0.2, 0) is 6.18 Å². The number of alkyl halides is 3. The van der Waals surface area contributed by atoms with E-state index in [0.717, 1.165) is 12.1 Å². The fourth-order valence-corrected chi connectivity index (χ4v) is 3.53. The number of hydrogen-bond donors (Lipinski definition) is 2. The molecule has 3 aromatic carbocycles. The van der Waals surface area contributed by atoms with Crippen molar-refractivity contribution in [2.75, 3.05) is 5.73 Å². The number of fused-ring (bicyclic) bond motifs is 1. The number of rotatable bonds is 4. The third-order valence-electron chi connectivity index (χ3n) is 5.15. The zero-order chi connectivity index (χ0) is 23.9.